The molecule has 0 atom stereocenters. The van der Waals surface area contributed by atoms with E-state index in [0.717, 1.165) is 22.4 Å². The number of nitrogens with two attached hydrogens (primary N) is 1. The van der Waals surface area contributed by atoms with Crippen LogP contribution in [0.4, 0.5) is 11.5 Å². The van der Waals surface area contributed by atoms with Crippen molar-refractivity contribution in [3.05, 3.63) is 76.1 Å². The molecule has 1 fully saturated rings. The van der Waals surface area contributed by atoms with Crippen LogP contribution in [0.15, 0.2) is 48.7 Å². The van der Waals surface area contributed by atoms with E-state index in [4.69, 9.17) is 31.5 Å². The first kappa shape index (κ1) is 25.4. The molecule has 1 aliphatic carbocycles. The first-order chi connectivity index (χ1) is 20.0. The van der Waals surface area contributed by atoms with Crippen molar-refractivity contribution in [2.24, 2.45) is 5.73 Å². The number of aromatic nitrogens is 3. The van der Waals surface area contributed by atoms with Crippen molar-refractivity contribution in [1.82, 2.24) is 14.8 Å². The Labute approximate surface area is 239 Å². The standard InChI is InChI=1S/C29H25ClN6O5/c30-22-14-32-25(35-7-9-39-10-8-35)13-21(22)29(38)33-17-3-1-16-2-5-19-26(28(31)37)34-36(27(19)20(16)11-17)18-4-6-23-24(12-18)41-15-40-23/h1,3-4,6,11-14H,2,5,7-10,15H2,(H2,31,37)(H,33,38). The maximum atomic E-state index is 13.4. The van der Waals surface area contributed by atoms with Gasteiger partial charge in [0.15, 0.2) is 17.2 Å². The van der Waals surface area contributed by atoms with Crippen LogP contribution in [-0.4, -0.2) is 59.7 Å². The molecular formula is C29H25ClN6O5. The molecule has 2 aliphatic heterocycles. The highest BCUT2D eigenvalue weighted by molar-refractivity contribution is 6.34. The third-order valence-corrected chi connectivity index (χ3v) is 7.81. The molecule has 3 N–H and O–H groups in total. The normalized spacial score (nSPS) is 15.3. The number of aryl methyl sites for hydroxylation is 1. The number of morpholine rings is 1. The van der Waals surface area contributed by atoms with Crippen molar-refractivity contribution in [1.29, 1.82) is 0 Å². The highest BCUT2D eigenvalue weighted by atomic mass is 35.5. The molecule has 0 bridgehead atoms. The lowest BCUT2D eigenvalue weighted by atomic mass is 9.88. The molecular weight excluding hydrogens is 548 g/mol. The maximum Gasteiger partial charge on any atom is 0.269 e. The summed E-state index contributed by atoms with van der Waals surface area (Å²) in [5.41, 5.74) is 11.0. The second-order valence-electron chi connectivity index (χ2n) is 9.94. The molecule has 0 saturated carbocycles. The summed E-state index contributed by atoms with van der Waals surface area (Å²) in [6.45, 7) is 2.72. The fourth-order valence-corrected chi connectivity index (χ4v) is 5.67. The predicted octanol–water partition coefficient (Wildman–Crippen LogP) is 3.60. The van der Waals surface area contributed by atoms with Gasteiger partial charge in [0.1, 0.15) is 5.82 Å². The average Bonchev–Trinajstić information content (AvgIpc) is 3.62. The van der Waals surface area contributed by atoms with Crippen LogP contribution in [0, 0.1) is 0 Å². The number of nitrogens with one attached hydrogen (secondary N) is 1. The van der Waals surface area contributed by atoms with Gasteiger partial charge in [-0.15, -0.1) is 0 Å². The molecule has 2 aromatic heterocycles. The Hall–Kier alpha value is -4.61. The predicted molar refractivity (Wildman–Crippen MR) is 151 cm³/mol. The van der Waals surface area contributed by atoms with Crippen LogP contribution in [0.2, 0.25) is 5.02 Å². The van der Waals surface area contributed by atoms with E-state index in [1.807, 2.05) is 30.3 Å². The second kappa shape index (κ2) is 10.1. The summed E-state index contributed by atoms with van der Waals surface area (Å²) in [5, 5.41) is 7.85. The number of hydrogen-bond donors (Lipinski definition) is 2. The van der Waals surface area contributed by atoms with Gasteiger partial charge in [-0.25, -0.2) is 9.67 Å². The van der Waals surface area contributed by atoms with Crippen molar-refractivity contribution in [3.8, 4) is 28.4 Å². The van der Waals surface area contributed by atoms with Crippen LogP contribution in [0.25, 0.3) is 16.9 Å². The number of carbonyl (C=O) groups excluding carboxylic acids is 2. The minimum Gasteiger partial charge on any atom is -0.454 e. The van der Waals surface area contributed by atoms with Crippen LogP contribution < -0.4 is 25.4 Å². The van der Waals surface area contributed by atoms with Gasteiger partial charge in [0.2, 0.25) is 6.79 Å². The van der Waals surface area contributed by atoms with E-state index in [1.54, 1.807) is 16.8 Å². The summed E-state index contributed by atoms with van der Waals surface area (Å²) < 4.78 is 18.1. The van der Waals surface area contributed by atoms with E-state index >= 15 is 0 Å². The molecule has 1 saturated heterocycles. The maximum absolute atomic E-state index is 13.4. The Bertz CT molecular complexity index is 1710. The number of pyridine rings is 1. The molecule has 4 aromatic rings. The first-order valence-electron chi connectivity index (χ1n) is 13.2. The summed E-state index contributed by atoms with van der Waals surface area (Å²) in [7, 11) is 0. The molecule has 11 nitrogen and oxygen atoms in total. The number of nitrogens with zero attached hydrogens (tertiary/aromatic N) is 4. The molecule has 3 aliphatic rings. The summed E-state index contributed by atoms with van der Waals surface area (Å²) in [6, 6.07) is 12.9. The monoisotopic (exact) mass is 572 g/mol. The molecule has 2 aromatic carbocycles. The third kappa shape index (κ3) is 4.52. The van der Waals surface area contributed by atoms with Crippen molar-refractivity contribution < 1.29 is 23.8 Å². The minimum absolute atomic E-state index is 0.143. The molecule has 4 heterocycles. The quantitative estimate of drug-likeness (QED) is 0.370. The summed E-state index contributed by atoms with van der Waals surface area (Å²) in [4.78, 5) is 32.2. The zero-order valence-electron chi connectivity index (χ0n) is 21.9. The Morgan fingerprint density at radius 2 is 1.83 bits per heavy atom. The number of carbonyl (C=O) groups is 2. The van der Waals surface area contributed by atoms with E-state index in [9.17, 15) is 9.59 Å². The van der Waals surface area contributed by atoms with Crippen LogP contribution in [-0.2, 0) is 17.6 Å². The van der Waals surface area contributed by atoms with Gasteiger partial charge in [-0.2, -0.15) is 5.10 Å². The van der Waals surface area contributed by atoms with Gasteiger partial charge < -0.3 is 30.2 Å². The van der Waals surface area contributed by atoms with Gasteiger partial charge in [0, 0.05) is 42.2 Å². The topological polar surface area (TPSA) is 134 Å². The molecule has 2 amide bonds. The molecule has 12 heteroatoms. The average molecular weight is 573 g/mol. The van der Waals surface area contributed by atoms with Crippen LogP contribution in [0.3, 0.4) is 0 Å². The number of fused-ring (bicyclic) bond motifs is 4. The van der Waals surface area contributed by atoms with E-state index in [1.165, 1.54) is 6.20 Å². The Morgan fingerprint density at radius 1 is 1.00 bits per heavy atom. The smallest absolute Gasteiger partial charge is 0.269 e. The van der Waals surface area contributed by atoms with Gasteiger partial charge >= 0.3 is 0 Å². The van der Waals surface area contributed by atoms with Crippen LogP contribution in [0.1, 0.15) is 32.0 Å². The molecule has 0 unspecified atom stereocenters. The Balaban J connectivity index is 1.25. The third-order valence-electron chi connectivity index (χ3n) is 7.51. The van der Waals surface area contributed by atoms with E-state index in [2.05, 4.69) is 20.3 Å². The van der Waals surface area contributed by atoms with Crippen LogP contribution in [0.5, 0.6) is 11.5 Å². The fourth-order valence-electron chi connectivity index (χ4n) is 5.48. The number of anilines is 2. The number of halogens is 1. The van der Waals surface area contributed by atoms with E-state index in [0.29, 0.717) is 73.4 Å². The van der Waals surface area contributed by atoms with Crippen molar-refractivity contribution in [2.75, 3.05) is 43.3 Å². The summed E-state index contributed by atoms with van der Waals surface area (Å²) in [6.07, 6.45) is 2.80. The Kier molecular flexibility index (Phi) is 6.25. The molecule has 0 radical (unpaired) electrons. The second-order valence-corrected chi connectivity index (χ2v) is 10.3. The fraction of sp³-hybridized carbons (Fsp3) is 0.241. The van der Waals surface area contributed by atoms with Crippen molar-refractivity contribution in [2.45, 2.75) is 12.8 Å². The molecule has 208 valence electrons. The summed E-state index contributed by atoms with van der Waals surface area (Å²) in [5.74, 6) is 0.948. The van der Waals surface area contributed by atoms with Crippen molar-refractivity contribution in [3.63, 3.8) is 0 Å². The number of hydrogen-bond acceptors (Lipinski definition) is 8. The van der Waals surface area contributed by atoms with E-state index < -0.39 is 5.91 Å². The van der Waals surface area contributed by atoms with Gasteiger partial charge in [-0.1, -0.05) is 17.7 Å². The lowest BCUT2D eigenvalue weighted by Gasteiger charge is -2.28. The molecule has 41 heavy (non-hydrogen) atoms. The number of primary amides is 1. The van der Waals surface area contributed by atoms with Gasteiger partial charge in [-0.05, 0) is 48.7 Å². The number of rotatable bonds is 5. The van der Waals surface area contributed by atoms with Gasteiger partial charge in [0.05, 0.1) is 35.2 Å². The number of ether oxygens (including phenoxy) is 3. The highest BCUT2D eigenvalue weighted by Crippen LogP contribution is 2.40. The van der Waals surface area contributed by atoms with Gasteiger partial charge in [0.25, 0.3) is 11.8 Å². The largest absolute Gasteiger partial charge is 0.454 e. The minimum atomic E-state index is -0.600. The molecule has 7 rings (SSSR count). The highest BCUT2D eigenvalue weighted by Gasteiger charge is 2.29. The first-order valence-corrected chi connectivity index (χ1v) is 13.6. The molecule has 0 spiro atoms. The SMILES string of the molecule is NC(=O)c1nn(-c2ccc3c(c2)OCO3)c2c1CCc1ccc(NC(=O)c3cc(N4CCOCC4)ncc3Cl)cc1-2. The number of amides is 2. The lowest BCUT2D eigenvalue weighted by molar-refractivity contribution is 0.0992. The Morgan fingerprint density at radius 3 is 2.66 bits per heavy atom. The zero-order valence-corrected chi connectivity index (χ0v) is 22.6. The van der Waals surface area contributed by atoms with E-state index in [-0.39, 0.29) is 23.4 Å². The number of benzene rings is 2. The summed E-state index contributed by atoms with van der Waals surface area (Å²) >= 11 is 6.40. The van der Waals surface area contributed by atoms with Crippen LogP contribution >= 0.6 is 11.6 Å². The zero-order chi connectivity index (χ0) is 28.1. The van der Waals surface area contributed by atoms with Crippen molar-refractivity contribution >= 4 is 34.9 Å². The van der Waals surface area contributed by atoms with Gasteiger partial charge in [-0.3, -0.25) is 9.59 Å². The lowest BCUT2D eigenvalue weighted by Crippen LogP contribution is -2.36.